The maximum absolute atomic E-state index is 13.7. The molecule has 0 N–H and O–H groups in total. The third-order valence-electron chi connectivity index (χ3n) is 5.02. The van der Waals surface area contributed by atoms with Crippen LogP contribution >= 0.6 is 15.9 Å². The van der Waals surface area contributed by atoms with Crippen LogP contribution in [-0.4, -0.2) is 19.7 Å². The van der Waals surface area contributed by atoms with E-state index in [0.717, 1.165) is 35.3 Å². The number of benzene rings is 2. The van der Waals surface area contributed by atoms with E-state index in [1.165, 1.54) is 13.2 Å². The summed E-state index contributed by atoms with van der Waals surface area (Å²) in [5.41, 5.74) is 2.99. The summed E-state index contributed by atoms with van der Waals surface area (Å²) in [5.74, 6) is 0.979. The van der Waals surface area contributed by atoms with Gasteiger partial charge in [-0.3, -0.25) is 4.79 Å². The number of fused-ring (bicyclic) bond motifs is 2. The van der Waals surface area contributed by atoms with Crippen molar-refractivity contribution in [3.8, 4) is 11.5 Å². The molecule has 4 rings (SSSR count). The van der Waals surface area contributed by atoms with Crippen LogP contribution in [0.3, 0.4) is 0 Å². The molecular formula is C20H18BrFO4. The van der Waals surface area contributed by atoms with Gasteiger partial charge in [-0.1, -0.05) is 12.1 Å². The topological polar surface area (TPSA) is 44.8 Å². The van der Waals surface area contributed by atoms with Crippen molar-refractivity contribution in [1.29, 1.82) is 0 Å². The minimum absolute atomic E-state index is 0.0117. The van der Waals surface area contributed by atoms with Gasteiger partial charge in [-0.2, -0.15) is 0 Å². The third-order valence-corrected chi connectivity index (χ3v) is 5.88. The van der Waals surface area contributed by atoms with E-state index in [-0.39, 0.29) is 23.8 Å². The Hall–Kier alpha value is -2.08. The normalized spacial score (nSPS) is 20.3. The minimum Gasteiger partial charge on any atom is -0.492 e. The summed E-state index contributed by atoms with van der Waals surface area (Å²) in [6.45, 7) is 0.465. The molecule has 6 heteroatoms. The van der Waals surface area contributed by atoms with Gasteiger partial charge in [0.15, 0.2) is 0 Å². The van der Waals surface area contributed by atoms with Gasteiger partial charge in [0.25, 0.3) is 0 Å². The molecule has 0 saturated heterocycles. The lowest BCUT2D eigenvalue weighted by atomic mass is 9.98. The standard InChI is InChI=1S/C20H18BrFO4/c1-24-19(23)8-11-10-25-18-9-12(2-3-13(11)18)26-17-7-5-15-14(17)4-6-16(22)20(15)21/h2-4,6,9,11,17H,5,7-8,10H2,1H3/t11-,17-/m1/s1. The first-order valence-corrected chi connectivity index (χ1v) is 9.33. The summed E-state index contributed by atoms with van der Waals surface area (Å²) < 4.78 is 30.8. The summed E-state index contributed by atoms with van der Waals surface area (Å²) in [6.07, 6.45) is 1.79. The Balaban J connectivity index is 1.52. The van der Waals surface area contributed by atoms with Crippen LogP contribution in [-0.2, 0) is 16.0 Å². The van der Waals surface area contributed by atoms with E-state index < -0.39 is 0 Å². The second kappa shape index (κ2) is 6.91. The fourth-order valence-corrected chi connectivity index (χ4v) is 4.22. The molecule has 0 saturated carbocycles. The summed E-state index contributed by atoms with van der Waals surface area (Å²) in [7, 11) is 1.39. The molecule has 4 nitrogen and oxygen atoms in total. The molecule has 0 unspecified atom stereocenters. The summed E-state index contributed by atoms with van der Waals surface area (Å²) in [5, 5.41) is 0. The van der Waals surface area contributed by atoms with Crippen LogP contribution in [0.5, 0.6) is 11.5 Å². The summed E-state index contributed by atoms with van der Waals surface area (Å²) >= 11 is 3.33. The Morgan fingerprint density at radius 3 is 2.92 bits per heavy atom. The Bertz CT molecular complexity index is 867. The second-order valence-corrected chi connectivity index (χ2v) is 7.36. The average molecular weight is 421 g/mol. The van der Waals surface area contributed by atoms with Crippen molar-refractivity contribution in [1.82, 2.24) is 0 Å². The highest BCUT2D eigenvalue weighted by Crippen LogP contribution is 2.42. The fraction of sp³-hybridized carbons (Fsp3) is 0.350. The predicted octanol–water partition coefficient (Wildman–Crippen LogP) is 4.69. The van der Waals surface area contributed by atoms with Gasteiger partial charge in [-0.05, 0) is 52.0 Å². The lowest BCUT2D eigenvalue weighted by molar-refractivity contribution is -0.141. The number of methoxy groups -OCH3 is 1. The molecule has 26 heavy (non-hydrogen) atoms. The minimum atomic E-state index is -0.244. The molecule has 0 aromatic heterocycles. The number of carbonyl (C=O) groups excluding carboxylic acids is 1. The van der Waals surface area contributed by atoms with Gasteiger partial charge >= 0.3 is 5.97 Å². The number of carbonyl (C=O) groups is 1. The SMILES string of the molecule is COC(=O)C[C@@H]1COc2cc(O[C@@H]3CCc4c3ccc(F)c4Br)ccc21. The fourth-order valence-electron chi connectivity index (χ4n) is 3.66. The van der Waals surface area contributed by atoms with E-state index in [9.17, 15) is 9.18 Å². The zero-order valence-corrected chi connectivity index (χ0v) is 15.8. The zero-order valence-electron chi connectivity index (χ0n) is 14.3. The molecular weight excluding hydrogens is 403 g/mol. The van der Waals surface area contributed by atoms with Crippen LogP contribution in [0.15, 0.2) is 34.8 Å². The van der Waals surface area contributed by atoms with Gasteiger partial charge in [0.1, 0.15) is 23.4 Å². The highest BCUT2D eigenvalue weighted by Gasteiger charge is 2.30. The molecule has 1 aliphatic carbocycles. The summed E-state index contributed by atoms with van der Waals surface area (Å²) in [6, 6.07) is 8.97. The van der Waals surface area contributed by atoms with Gasteiger partial charge in [0.2, 0.25) is 0 Å². The number of hydrogen-bond acceptors (Lipinski definition) is 4. The quantitative estimate of drug-likeness (QED) is 0.672. The molecule has 0 spiro atoms. The van der Waals surface area contributed by atoms with Gasteiger partial charge in [0.05, 0.1) is 24.6 Å². The van der Waals surface area contributed by atoms with Crippen molar-refractivity contribution >= 4 is 21.9 Å². The first kappa shape index (κ1) is 17.3. The van der Waals surface area contributed by atoms with Gasteiger partial charge in [-0.25, -0.2) is 4.39 Å². The molecule has 1 heterocycles. The molecule has 136 valence electrons. The van der Waals surface area contributed by atoms with Gasteiger partial charge < -0.3 is 14.2 Å². The van der Waals surface area contributed by atoms with Crippen molar-refractivity contribution in [3.63, 3.8) is 0 Å². The van der Waals surface area contributed by atoms with Crippen molar-refractivity contribution in [2.24, 2.45) is 0 Å². The number of halogens is 2. The highest BCUT2D eigenvalue weighted by molar-refractivity contribution is 9.10. The van der Waals surface area contributed by atoms with Gasteiger partial charge in [-0.15, -0.1) is 0 Å². The zero-order chi connectivity index (χ0) is 18.3. The van der Waals surface area contributed by atoms with Crippen LogP contribution in [0.2, 0.25) is 0 Å². The molecule has 2 aliphatic rings. The molecule has 0 amide bonds. The Morgan fingerprint density at radius 2 is 2.12 bits per heavy atom. The largest absolute Gasteiger partial charge is 0.492 e. The van der Waals surface area contributed by atoms with Crippen molar-refractivity contribution in [2.75, 3.05) is 13.7 Å². The lowest BCUT2D eigenvalue weighted by Gasteiger charge is -2.16. The van der Waals surface area contributed by atoms with E-state index in [0.29, 0.717) is 23.2 Å². The van der Waals surface area contributed by atoms with E-state index >= 15 is 0 Å². The molecule has 0 bridgehead atoms. The molecule has 0 radical (unpaired) electrons. The van der Waals surface area contributed by atoms with E-state index in [1.54, 1.807) is 6.07 Å². The molecule has 2 aromatic carbocycles. The number of ether oxygens (including phenoxy) is 3. The smallest absolute Gasteiger partial charge is 0.306 e. The maximum atomic E-state index is 13.7. The average Bonchev–Trinajstić information content (AvgIpc) is 3.23. The highest BCUT2D eigenvalue weighted by atomic mass is 79.9. The first-order chi connectivity index (χ1) is 12.6. The van der Waals surface area contributed by atoms with Crippen molar-refractivity contribution in [3.05, 3.63) is 57.3 Å². The monoisotopic (exact) mass is 420 g/mol. The van der Waals surface area contributed by atoms with E-state index in [1.807, 2.05) is 18.2 Å². The summed E-state index contributed by atoms with van der Waals surface area (Å²) in [4.78, 5) is 11.5. The third kappa shape index (κ3) is 3.07. The van der Waals surface area contributed by atoms with Crippen molar-refractivity contribution < 1.29 is 23.4 Å². The molecule has 1 aliphatic heterocycles. The molecule has 2 atom stereocenters. The Kier molecular flexibility index (Phi) is 4.61. The van der Waals surface area contributed by atoms with E-state index in [2.05, 4.69) is 15.9 Å². The van der Waals surface area contributed by atoms with Crippen molar-refractivity contribution in [2.45, 2.75) is 31.3 Å². The van der Waals surface area contributed by atoms with Crippen LogP contribution in [0.25, 0.3) is 0 Å². The predicted molar refractivity (Wildman–Crippen MR) is 97.1 cm³/mol. The Morgan fingerprint density at radius 1 is 1.31 bits per heavy atom. The maximum Gasteiger partial charge on any atom is 0.306 e. The van der Waals surface area contributed by atoms with Crippen LogP contribution in [0, 0.1) is 5.82 Å². The molecule has 0 fully saturated rings. The van der Waals surface area contributed by atoms with Gasteiger partial charge in [0, 0.05) is 17.5 Å². The molecule has 2 aromatic rings. The van der Waals surface area contributed by atoms with Crippen LogP contribution < -0.4 is 9.47 Å². The van der Waals surface area contributed by atoms with E-state index in [4.69, 9.17) is 14.2 Å². The van der Waals surface area contributed by atoms with Crippen LogP contribution in [0.4, 0.5) is 4.39 Å². The number of rotatable bonds is 4. The number of esters is 1. The Labute approximate surface area is 159 Å². The second-order valence-electron chi connectivity index (χ2n) is 6.56. The lowest BCUT2D eigenvalue weighted by Crippen LogP contribution is -2.09. The first-order valence-electron chi connectivity index (χ1n) is 8.54. The van der Waals surface area contributed by atoms with Crippen LogP contribution in [0.1, 0.15) is 41.6 Å². The number of hydrogen-bond donors (Lipinski definition) is 0.